The highest BCUT2D eigenvalue weighted by Gasteiger charge is 2.33. The van der Waals surface area contributed by atoms with Crippen LogP contribution in [0.25, 0.3) is 11.1 Å². The molecule has 0 aromatic heterocycles. The molecule has 3 N–H and O–H groups in total. The molecule has 0 radical (unpaired) electrons. The first-order valence-corrected chi connectivity index (χ1v) is 8.73. The lowest BCUT2D eigenvalue weighted by atomic mass is 10.0. The molecule has 0 bridgehead atoms. The molecule has 1 aliphatic rings. The molecule has 26 heavy (non-hydrogen) atoms. The Kier molecular flexibility index (Phi) is 5.53. The minimum atomic E-state index is -1.04. The van der Waals surface area contributed by atoms with Gasteiger partial charge in [0.1, 0.15) is 6.04 Å². The molecule has 1 heterocycles. The number of carbonyl (C=O) groups excluding carboxylic acids is 1. The molecule has 0 spiro atoms. The molecule has 2 aromatic carbocycles. The number of nitrogens with zero attached hydrogens (tertiary/aromatic N) is 1. The number of rotatable bonds is 5. The molecule has 6 nitrogen and oxygen atoms in total. The topological polar surface area (TPSA) is 81.7 Å². The van der Waals surface area contributed by atoms with Gasteiger partial charge in [0.2, 0.25) is 5.91 Å². The third kappa shape index (κ3) is 4.03. The van der Waals surface area contributed by atoms with Gasteiger partial charge in [-0.1, -0.05) is 30.3 Å². The van der Waals surface area contributed by atoms with Crippen LogP contribution in [0.2, 0.25) is 0 Å². The molecule has 1 fully saturated rings. The average Bonchev–Trinajstić information content (AvgIpc) is 3.13. The Morgan fingerprint density at radius 3 is 2.62 bits per heavy atom. The Balaban J connectivity index is 1.76. The lowest BCUT2D eigenvalue weighted by Crippen LogP contribution is -2.42. The minimum absolute atomic E-state index is 0.272. The fraction of sp³-hybridized carbons (Fsp3) is 0.300. The minimum Gasteiger partial charge on any atom is -0.465 e. The molecule has 1 atom stereocenters. The first-order chi connectivity index (χ1) is 12.6. The van der Waals surface area contributed by atoms with E-state index in [0.717, 1.165) is 17.7 Å². The number of benzene rings is 2. The number of amides is 2. The molecule has 1 saturated heterocycles. The van der Waals surface area contributed by atoms with Crippen molar-refractivity contribution in [1.29, 1.82) is 0 Å². The van der Waals surface area contributed by atoms with Crippen LogP contribution in [0, 0.1) is 0 Å². The van der Waals surface area contributed by atoms with Crippen molar-refractivity contribution in [3.63, 3.8) is 0 Å². The number of hydrogen-bond acceptors (Lipinski definition) is 3. The predicted octanol–water partition coefficient (Wildman–Crippen LogP) is 3.15. The summed E-state index contributed by atoms with van der Waals surface area (Å²) in [5.74, 6) is -0.272. The smallest absolute Gasteiger partial charge is 0.407 e. The second-order valence-electron chi connectivity index (χ2n) is 6.43. The summed E-state index contributed by atoms with van der Waals surface area (Å²) in [6.45, 7) is 1.20. The summed E-state index contributed by atoms with van der Waals surface area (Å²) in [6.07, 6.45) is 0.227. The number of nitrogens with one attached hydrogen (secondary N) is 2. The maximum atomic E-state index is 12.5. The van der Waals surface area contributed by atoms with Crippen molar-refractivity contribution < 1.29 is 14.7 Å². The summed E-state index contributed by atoms with van der Waals surface area (Å²) in [5, 5.41) is 15.2. The maximum absolute atomic E-state index is 12.5. The van der Waals surface area contributed by atoms with Crippen LogP contribution >= 0.6 is 0 Å². The molecule has 3 rings (SSSR count). The van der Waals surface area contributed by atoms with Gasteiger partial charge >= 0.3 is 6.09 Å². The van der Waals surface area contributed by atoms with Gasteiger partial charge in [-0.15, -0.1) is 0 Å². The largest absolute Gasteiger partial charge is 0.465 e. The Labute approximate surface area is 152 Å². The fourth-order valence-corrected chi connectivity index (χ4v) is 3.34. The van der Waals surface area contributed by atoms with E-state index in [4.69, 9.17) is 0 Å². The predicted molar refractivity (Wildman–Crippen MR) is 101 cm³/mol. The van der Waals surface area contributed by atoms with Crippen LogP contribution in [-0.4, -0.2) is 41.6 Å². The van der Waals surface area contributed by atoms with Gasteiger partial charge in [0.25, 0.3) is 0 Å². The van der Waals surface area contributed by atoms with Crippen molar-refractivity contribution in [3.8, 4) is 11.1 Å². The van der Waals surface area contributed by atoms with Crippen molar-refractivity contribution in [2.45, 2.75) is 25.4 Å². The summed E-state index contributed by atoms with van der Waals surface area (Å²) in [4.78, 5) is 24.9. The van der Waals surface area contributed by atoms with E-state index in [2.05, 4.69) is 22.8 Å². The fourth-order valence-electron chi connectivity index (χ4n) is 3.34. The van der Waals surface area contributed by atoms with E-state index in [0.29, 0.717) is 25.1 Å². The molecule has 136 valence electrons. The van der Waals surface area contributed by atoms with Crippen molar-refractivity contribution in [3.05, 3.63) is 54.1 Å². The maximum Gasteiger partial charge on any atom is 0.407 e. The average molecular weight is 353 g/mol. The van der Waals surface area contributed by atoms with Crippen LogP contribution < -0.4 is 10.6 Å². The highest BCUT2D eigenvalue weighted by atomic mass is 16.4. The molecule has 0 saturated carbocycles. The molecule has 0 unspecified atom stereocenters. The second-order valence-corrected chi connectivity index (χ2v) is 6.43. The second kappa shape index (κ2) is 8.01. The molecular weight excluding hydrogens is 330 g/mol. The van der Waals surface area contributed by atoms with Crippen LogP contribution in [0.3, 0.4) is 0 Å². The zero-order valence-electron chi connectivity index (χ0n) is 14.7. The molecule has 1 aliphatic heterocycles. The highest BCUT2D eigenvalue weighted by molar-refractivity contribution is 5.97. The molecule has 6 heteroatoms. The number of likely N-dealkylation sites (tertiary alicyclic amines) is 1. The van der Waals surface area contributed by atoms with Gasteiger partial charge in [0.05, 0.1) is 0 Å². The number of hydrogen-bond donors (Lipinski definition) is 3. The van der Waals surface area contributed by atoms with Crippen LogP contribution in [0.4, 0.5) is 10.5 Å². The van der Waals surface area contributed by atoms with Gasteiger partial charge in [-0.2, -0.15) is 0 Å². The van der Waals surface area contributed by atoms with Crippen molar-refractivity contribution >= 4 is 17.7 Å². The van der Waals surface area contributed by atoms with Gasteiger partial charge in [-0.3, -0.25) is 9.69 Å². The number of anilines is 1. The first kappa shape index (κ1) is 17.9. The Morgan fingerprint density at radius 1 is 1.15 bits per heavy atom. The third-order valence-electron chi connectivity index (χ3n) is 4.57. The SMILES string of the molecule is CNCc1cccc(-c2cccc(NC(=O)[C@@H]3CCCN3C(=O)O)c2)c1. The number of carboxylic acid groups (broad SMARTS) is 1. The first-order valence-electron chi connectivity index (χ1n) is 8.73. The summed E-state index contributed by atoms with van der Waals surface area (Å²) in [6, 6.07) is 15.2. The lowest BCUT2D eigenvalue weighted by Gasteiger charge is -2.20. The normalized spacial score (nSPS) is 16.5. The van der Waals surface area contributed by atoms with E-state index in [1.54, 1.807) is 0 Å². The Hall–Kier alpha value is -2.86. The van der Waals surface area contributed by atoms with Gasteiger partial charge in [0, 0.05) is 18.8 Å². The van der Waals surface area contributed by atoms with E-state index in [-0.39, 0.29) is 5.91 Å². The standard InChI is InChI=1S/C20H23N3O3/c1-21-13-14-5-2-6-15(11-14)16-7-3-8-17(12-16)22-19(24)18-9-4-10-23(18)20(25)26/h2-3,5-8,11-12,18,21H,4,9-10,13H2,1H3,(H,22,24)(H,25,26)/t18-/m0/s1. The van der Waals surface area contributed by atoms with Crippen molar-refractivity contribution in [2.75, 3.05) is 18.9 Å². The van der Waals surface area contributed by atoms with Gasteiger partial charge < -0.3 is 15.7 Å². The van der Waals surface area contributed by atoms with E-state index < -0.39 is 12.1 Å². The summed E-state index contributed by atoms with van der Waals surface area (Å²) >= 11 is 0. The number of carbonyl (C=O) groups is 2. The van der Waals surface area contributed by atoms with Gasteiger partial charge in [-0.05, 0) is 54.8 Å². The van der Waals surface area contributed by atoms with Crippen LogP contribution in [0.1, 0.15) is 18.4 Å². The van der Waals surface area contributed by atoms with Crippen LogP contribution in [-0.2, 0) is 11.3 Å². The summed E-state index contributed by atoms with van der Waals surface area (Å²) in [5.41, 5.74) is 3.93. The lowest BCUT2D eigenvalue weighted by molar-refractivity contribution is -0.119. The van der Waals surface area contributed by atoms with Gasteiger partial charge in [-0.25, -0.2) is 4.79 Å². The summed E-state index contributed by atoms with van der Waals surface area (Å²) < 4.78 is 0. The quantitative estimate of drug-likeness (QED) is 0.771. The van der Waals surface area contributed by atoms with Crippen LogP contribution in [0.5, 0.6) is 0 Å². The zero-order valence-corrected chi connectivity index (χ0v) is 14.7. The van der Waals surface area contributed by atoms with Crippen LogP contribution in [0.15, 0.2) is 48.5 Å². The van der Waals surface area contributed by atoms with Gasteiger partial charge in [0.15, 0.2) is 0 Å². The molecule has 0 aliphatic carbocycles. The van der Waals surface area contributed by atoms with Crippen molar-refractivity contribution in [1.82, 2.24) is 10.2 Å². The Bertz CT molecular complexity index is 806. The van der Waals surface area contributed by atoms with E-state index in [1.807, 2.05) is 43.4 Å². The molecule has 2 amide bonds. The Morgan fingerprint density at radius 2 is 1.88 bits per heavy atom. The monoisotopic (exact) mass is 353 g/mol. The summed E-state index contributed by atoms with van der Waals surface area (Å²) in [7, 11) is 1.91. The highest BCUT2D eigenvalue weighted by Crippen LogP contribution is 2.25. The van der Waals surface area contributed by atoms with E-state index >= 15 is 0 Å². The van der Waals surface area contributed by atoms with Crippen molar-refractivity contribution in [2.24, 2.45) is 0 Å². The van der Waals surface area contributed by atoms with E-state index in [9.17, 15) is 14.7 Å². The van der Waals surface area contributed by atoms with E-state index in [1.165, 1.54) is 10.5 Å². The molecular formula is C20H23N3O3. The third-order valence-corrected chi connectivity index (χ3v) is 4.57. The molecule has 2 aromatic rings. The zero-order chi connectivity index (χ0) is 18.5.